The molecule has 0 bridgehead atoms. The van der Waals surface area contributed by atoms with Crippen molar-refractivity contribution in [3.05, 3.63) is 0 Å². The fraction of sp³-hybridized carbons (Fsp3) is 0.900. The van der Waals surface area contributed by atoms with Gasteiger partial charge in [0.2, 0.25) is 5.91 Å². The number of carbonyl (C=O) groups is 1. The first-order valence-corrected chi connectivity index (χ1v) is 5.40. The van der Waals surface area contributed by atoms with Gasteiger partial charge in [0.05, 0.1) is 12.6 Å². The van der Waals surface area contributed by atoms with Crippen molar-refractivity contribution in [3.8, 4) is 0 Å². The maximum atomic E-state index is 11.7. The molecule has 1 heterocycles. The van der Waals surface area contributed by atoms with Gasteiger partial charge in [0.1, 0.15) is 0 Å². The normalized spacial score (nSPS) is 21.6. The van der Waals surface area contributed by atoms with E-state index in [1.54, 1.807) is 0 Å². The third-order valence-corrected chi connectivity index (χ3v) is 2.75. The van der Waals surface area contributed by atoms with Gasteiger partial charge in [0.15, 0.2) is 0 Å². The highest BCUT2D eigenvalue weighted by atomic mass is 16.3. The summed E-state index contributed by atoms with van der Waals surface area (Å²) in [6.07, 6.45) is 4.31. The van der Waals surface area contributed by atoms with Crippen LogP contribution in [0.5, 0.6) is 0 Å². The SMILES string of the molecule is NCCCCC(=O)N1CCC[C@H]1CO. The lowest BCUT2D eigenvalue weighted by molar-refractivity contribution is -0.132. The van der Waals surface area contributed by atoms with E-state index in [1.165, 1.54) is 0 Å². The number of nitrogens with two attached hydrogens (primary N) is 1. The second-order valence-electron chi connectivity index (χ2n) is 3.81. The number of aliphatic hydroxyl groups excluding tert-OH is 1. The van der Waals surface area contributed by atoms with Crippen molar-refractivity contribution in [3.63, 3.8) is 0 Å². The quantitative estimate of drug-likeness (QED) is 0.618. The Morgan fingerprint density at radius 2 is 2.29 bits per heavy atom. The van der Waals surface area contributed by atoms with Gasteiger partial charge in [-0.3, -0.25) is 4.79 Å². The predicted molar refractivity (Wildman–Crippen MR) is 54.7 cm³/mol. The van der Waals surface area contributed by atoms with Gasteiger partial charge in [-0.2, -0.15) is 0 Å². The maximum absolute atomic E-state index is 11.7. The lowest BCUT2D eigenvalue weighted by Crippen LogP contribution is -2.37. The Morgan fingerprint density at radius 3 is 2.93 bits per heavy atom. The minimum atomic E-state index is 0.0698. The Labute approximate surface area is 85.1 Å². The molecule has 1 saturated heterocycles. The van der Waals surface area contributed by atoms with E-state index in [0.29, 0.717) is 13.0 Å². The van der Waals surface area contributed by atoms with E-state index in [-0.39, 0.29) is 18.6 Å². The molecule has 14 heavy (non-hydrogen) atoms. The van der Waals surface area contributed by atoms with Gasteiger partial charge < -0.3 is 15.7 Å². The predicted octanol–water partition coefficient (Wildman–Crippen LogP) is 0.0987. The Hall–Kier alpha value is -0.610. The molecule has 1 fully saturated rings. The molecule has 0 spiro atoms. The molecule has 82 valence electrons. The van der Waals surface area contributed by atoms with Crippen LogP contribution in [0.2, 0.25) is 0 Å². The fourth-order valence-corrected chi connectivity index (χ4v) is 1.92. The standard InChI is InChI=1S/C10H20N2O2/c11-6-2-1-5-10(14)12-7-3-4-9(12)8-13/h9,13H,1-8,11H2/t9-/m0/s1. The van der Waals surface area contributed by atoms with E-state index in [9.17, 15) is 4.79 Å². The highest BCUT2D eigenvalue weighted by Gasteiger charge is 2.27. The minimum absolute atomic E-state index is 0.0698. The number of hydrogen-bond donors (Lipinski definition) is 2. The monoisotopic (exact) mass is 200 g/mol. The summed E-state index contributed by atoms with van der Waals surface area (Å²) < 4.78 is 0. The summed E-state index contributed by atoms with van der Waals surface area (Å²) in [5, 5.41) is 9.04. The highest BCUT2D eigenvalue weighted by molar-refractivity contribution is 5.76. The van der Waals surface area contributed by atoms with Crippen molar-refractivity contribution in [2.75, 3.05) is 19.7 Å². The van der Waals surface area contributed by atoms with Crippen LogP contribution in [-0.2, 0) is 4.79 Å². The first kappa shape index (κ1) is 11.5. The summed E-state index contributed by atoms with van der Waals surface area (Å²) >= 11 is 0. The van der Waals surface area contributed by atoms with Crippen LogP contribution in [0.3, 0.4) is 0 Å². The van der Waals surface area contributed by atoms with Gasteiger partial charge in [-0.05, 0) is 32.2 Å². The molecule has 0 aromatic carbocycles. The second-order valence-corrected chi connectivity index (χ2v) is 3.81. The molecule has 4 nitrogen and oxygen atoms in total. The van der Waals surface area contributed by atoms with E-state index in [4.69, 9.17) is 10.8 Å². The largest absolute Gasteiger partial charge is 0.394 e. The molecule has 4 heteroatoms. The number of unbranched alkanes of at least 4 members (excludes halogenated alkanes) is 1. The topological polar surface area (TPSA) is 66.6 Å². The summed E-state index contributed by atoms with van der Waals surface area (Å²) in [5.41, 5.74) is 5.36. The lowest BCUT2D eigenvalue weighted by atomic mass is 10.2. The number of aliphatic hydroxyl groups is 1. The van der Waals surface area contributed by atoms with E-state index in [0.717, 1.165) is 32.2 Å². The number of hydrogen-bond acceptors (Lipinski definition) is 3. The first-order chi connectivity index (χ1) is 6.79. The zero-order valence-corrected chi connectivity index (χ0v) is 8.61. The van der Waals surface area contributed by atoms with Crippen LogP contribution in [0.15, 0.2) is 0 Å². The average molecular weight is 200 g/mol. The number of nitrogens with zero attached hydrogens (tertiary/aromatic N) is 1. The average Bonchev–Trinajstić information content (AvgIpc) is 2.65. The van der Waals surface area contributed by atoms with Crippen LogP contribution in [0, 0.1) is 0 Å². The number of likely N-dealkylation sites (tertiary alicyclic amines) is 1. The smallest absolute Gasteiger partial charge is 0.222 e. The number of carbonyl (C=O) groups excluding carboxylic acids is 1. The van der Waals surface area contributed by atoms with E-state index in [1.807, 2.05) is 4.90 Å². The molecule has 1 aliphatic rings. The maximum Gasteiger partial charge on any atom is 0.222 e. The molecular weight excluding hydrogens is 180 g/mol. The summed E-state index contributed by atoms with van der Waals surface area (Å²) in [4.78, 5) is 13.5. The third kappa shape index (κ3) is 2.96. The molecule has 3 N–H and O–H groups in total. The van der Waals surface area contributed by atoms with Crippen molar-refractivity contribution in [1.82, 2.24) is 4.90 Å². The van der Waals surface area contributed by atoms with Crippen LogP contribution in [0.1, 0.15) is 32.1 Å². The molecule has 1 aliphatic heterocycles. The highest BCUT2D eigenvalue weighted by Crippen LogP contribution is 2.18. The Balaban J connectivity index is 2.28. The van der Waals surface area contributed by atoms with Gasteiger partial charge in [0, 0.05) is 13.0 Å². The molecular formula is C10H20N2O2. The Bertz CT molecular complexity index is 185. The molecule has 1 rings (SSSR count). The van der Waals surface area contributed by atoms with Crippen molar-refractivity contribution in [1.29, 1.82) is 0 Å². The minimum Gasteiger partial charge on any atom is -0.394 e. The van der Waals surface area contributed by atoms with Gasteiger partial charge in [0.25, 0.3) is 0 Å². The van der Waals surface area contributed by atoms with Crippen LogP contribution in [0.4, 0.5) is 0 Å². The van der Waals surface area contributed by atoms with Gasteiger partial charge in [-0.15, -0.1) is 0 Å². The van der Waals surface area contributed by atoms with Crippen molar-refractivity contribution >= 4 is 5.91 Å². The molecule has 0 aromatic rings. The summed E-state index contributed by atoms with van der Waals surface area (Å²) in [5.74, 6) is 0.176. The zero-order chi connectivity index (χ0) is 10.4. The molecule has 1 atom stereocenters. The summed E-state index contributed by atoms with van der Waals surface area (Å²) in [6.45, 7) is 1.56. The van der Waals surface area contributed by atoms with E-state index >= 15 is 0 Å². The van der Waals surface area contributed by atoms with Crippen molar-refractivity contribution in [2.24, 2.45) is 5.73 Å². The summed E-state index contributed by atoms with van der Waals surface area (Å²) in [7, 11) is 0. The lowest BCUT2D eigenvalue weighted by Gasteiger charge is -2.22. The number of amides is 1. The van der Waals surface area contributed by atoms with Crippen LogP contribution < -0.4 is 5.73 Å². The third-order valence-electron chi connectivity index (χ3n) is 2.75. The van der Waals surface area contributed by atoms with Gasteiger partial charge >= 0.3 is 0 Å². The molecule has 0 saturated carbocycles. The van der Waals surface area contributed by atoms with Gasteiger partial charge in [-0.25, -0.2) is 0 Å². The van der Waals surface area contributed by atoms with E-state index in [2.05, 4.69) is 0 Å². The zero-order valence-electron chi connectivity index (χ0n) is 8.61. The number of rotatable bonds is 5. The van der Waals surface area contributed by atoms with Crippen LogP contribution >= 0.6 is 0 Å². The Kier molecular flexibility index (Phi) is 4.90. The molecule has 0 unspecified atom stereocenters. The first-order valence-electron chi connectivity index (χ1n) is 5.40. The van der Waals surface area contributed by atoms with Crippen LogP contribution in [0.25, 0.3) is 0 Å². The van der Waals surface area contributed by atoms with E-state index < -0.39 is 0 Å². The van der Waals surface area contributed by atoms with Crippen molar-refractivity contribution in [2.45, 2.75) is 38.1 Å². The van der Waals surface area contributed by atoms with Crippen LogP contribution in [-0.4, -0.2) is 41.7 Å². The molecule has 1 amide bonds. The molecule has 0 aromatic heterocycles. The van der Waals surface area contributed by atoms with Crippen molar-refractivity contribution < 1.29 is 9.90 Å². The Morgan fingerprint density at radius 1 is 1.50 bits per heavy atom. The summed E-state index contributed by atoms with van der Waals surface area (Å²) in [6, 6.07) is 0.0698. The molecule has 0 radical (unpaired) electrons. The van der Waals surface area contributed by atoms with Gasteiger partial charge in [-0.1, -0.05) is 0 Å². The fourth-order valence-electron chi connectivity index (χ4n) is 1.92. The molecule has 0 aliphatic carbocycles. The second kappa shape index (κ2) is 5.98.